The molecule has 0 radical (unpaired) electrons. The first-order chi connectivity index (χ1) is 16.0. The van der Waals surface area contributed by atoms with Crippen LogP contribution in [0.25, 0.3) is 10.6 Å². The number of thiazole rings is 1. The Labute approximate surface area is 205 Å². The first-order valence-electron chi connectivity index (χ1n) is 10.5. The summed E-state index contributed by atoms with van der Waals surface area (Å²) in [4.78, 5) is 32.1. The second kappa shape index (κ2) is 10.8. The first-order valence-corrected chi connectivity index (χ1v) is 13.1. The fourth-order valence-electron chi connectivity index (χ4n) is 3.21. The van der Waals surface area contributed by atoms with Crippen LogP contribution in [0.15, 0.2) is 76.3 Å². The summed E-state index contributed by atoms with van der Waals surface area (Å²) in [6.07, 6.45) is 0.666. The summed E-state index contributed by atoms with van der Waals surface area (Å²) in [5.74, 6) is -0.228. The fraction of sp³-hybridized carbons (Fsp3) is 0.160. The van der Waals surface area contributed by atoms with Gasteiger partial charge in [0.05, 0.1) is 15.8 Å². The molecule has 0 aliphatic carbocycles. The Bertz CT molecular complexity index is 1250. The molecule has 0 bridgehead atoms. The largest absolute Gasteiger partial charge is 0.322 e. The average molecular weight is 494 g/mol. The smallest absolute Gasteiger partial charge is 0.255 e. The van der Waals surface area contributed by atoms with E-state index in [2.05, 4.69) is 15.6 Å². The van der Waals surface area contributed by atoms with E-state index in [9.17, 15) is 9.59 Å². The zero-order chi connectivity index (χ0) is 23.2. The summed E-state index contributed by atoms with van der Waals surface area (Å²) >= 11 is 4.52. The molecule has 4 aromatic rings. The van der Waals surface area contributed by atoms with Crippen molar-refractivity contribution in [3.05, 3.63) is 82.6 Å². The van der Waals surface area contributed by atoms with E-state index in [1.165, 1.54) is 23.1 Å². The molecule has 8 heteroatoms. The van der Waals surface area contributed by atoms with Gasteiger partial charge in [-0.15, -0.1) is 34.4 Å². The molecule has 0 saturated heterocycles. The maximum Gasteiger partial charge on any atom is 0.255 e. The van der Waals surface area contributed by atoms with Gasteiger partial charge >= 0.3 is 0 Å². The number of aromatic nitrogens is 1. The number of nitrogens with zero attached hydrogens (tertiary/aromatic N) is 1. The second-order valence-electron chi connectivity index (χ2n) is 7.32. The highest BCUT2D eigenvalue weighted by Crippen LogP contribution is 2.31. The number of aryl methyl sites for hydroxylation is 1. The summed E-state index contributed by atoms with van der Waals surface area (Å²) in [5, 5.41) is 10.2. The Morgan fingerprint density at radius 2 is 1.88 bits per heavy atom. The van der Waals surface area contributed by atoms with Crippen LogP contribution >= 0.6 is 34.4 Å². The quantitative estimate of drug-likeness (QED) is 0.261. The monoisotopic (exact) mass is 493 g/mol. The highest BCUT2D eigenvalue weighted by atomic mass is 32.2. The lowest BCUT2D eigenvalue weighted by atomic mass is 10.1. The molecule has 5 nitrogen and oxygen atoms in total. The number of amides is 2. The Morgan fingerprint density at radius 3 is 2.64 bits per heavy atom. The summed E-state index contributed by atoms with van der Waals surface area (Å²) in [5.41, 5.74) is 3.14. The number of hydrogen-bond donors (Lipinski definition) is 2. The van der Waals surface area contributed by atoms with Crippen LogP contribution in [0.1, 0.15) is 29.3 Å². The zero-order valence-corrected chi connectivity index (χ0v) is 20.7. The summed E-state index contributed by atoms with van der Waals surface area (Å²) < 4.78 is 0. The van der Waals surface area contributed by atoms with Crippen LogP contribution in [0.4, 0.5) is 10.8 Å². The topological polar surface area (TPSA) is 71.1 Å². The van der Waals surface area contributed by atoms with Crippen molar-refractivity contribution in [3.8, 4) is 10.6 Å². The van der Waals surface area contributed by atoms with Gasteiger partial charge < -0.3 is 10.6 Å². The molecule has 0 saturated carbocycles. The van der Waals surface area contributed by atoms with Gasteiger partial charge in [0.2, 0.25) is 5.91 Å². The Kier molecular flexibility index (Phi) is 7.59. The Hall–Kier alpha value is -2.94. The molecule has 4 rings (SSSR count). The molecule has 33 heavy (non-hydrogen) atoms. The zero-order valence-electron chi connectivity index (χ0n) is 18.2. The average Bonchev–Trinajstić information content (AvgIpc) is 3.50. The highest BCUT2D eigenvalue weighted by molar-refractivity contribution is 8.00. The van der Waals surface area contributed by atoms with Crippen molar-refractivity contribution in [2.24, 2.45) is 0 Å². The molecule has 2 aromatic carbocycles. The lowest BCUT2D eigenvalue weighted by molar-refractivity contribution is -0.115. The Balaban J connectivity index is 1.40. The molecule has 0 aliphatic rings. The van der Waals surface area contributed by atoms with Crippen LogP contribution in [-0.4, -0.2) is 22.0 Å². The van der Waals surface area contributed by atoms with Crippen molar-refractivity contribution in [2.45, 2.75) is 30.4 Å². The number of carbonyl (C=O) groups is 2. The molecule has 1 unspecified atom stereocenters. The van der Waals surface area contributed by atoms with Gasteiger partial charge in [-0.05, 0) is 54.6 Å². The highest BCUT2D eigenvalue weighted by Gasteiger charge is 2.20. The molecule has 2 amide bonds. The molecule has 0 spiro atoms. The van der Waals surface area contributed by atoms with Gasteiger partial charge in [0, 0.05) is 21.5 Å². The van der Waals surface area contributed by atoms with E-state index in [1.54, 1.807) is 11.3 Å². The van der Waals surface area contributed by atoms with Crippen LogP contribution in [-0.2, 0) is 4.79 Å². The van der Waals surface area contributed by atoms with E-state index in [-0.39, 0.29) is 17.1 Å². The third-order valence-corrected chi connectivity index (χ3v) is 7.94. The maximum atomic E-state index is 12.9. The molecule has 168 valence electrons. The van der Waals surface area contributed by atoms with E-state index < -0.39 is 0 Å². The number of benzene rings is 2. The maximum absolute atomic E-state index is 12.9. The van der Waals surface area contributed by atoms with Gasteiger partial charge in [-0.1, -0.05) is 37.3 Å². The Morgan fingerprint density at radius 1 is 1.03 bits per heavy atom. The fourth-order valence-corrected chi connectivity index (χ4v) is 5.70. The second-order valence-corrected chi connectivity index (χ2v) is 10.4. The third-order valence-electron chi connectivity index (χ3n) is 4.93. The minimum atomic E-state index is -0.276. The predicted molar refractivity (Wildman–Crippen MR) is 140 cm³/mol. The van der Waals surface area contributed by atoms with Crippen molar-refractivity contribution in [1.29, 1.82) is 0 Å². The minimum Gasteiger partial charge on any atom is -0.322 e. The number of nitrogens with one attached hydrogen (secondary N) is 2. The SMILES string of the molecule is CCC(Sc1cccc(NC(=O)c2ccccc2C)c1)C(=O)Nc1nc(-c2cccs2)cs1. The summed E-state index contributed by atoms with van der Waals surface area (Å²) in [6.45, 7) is 3.90. The lowest BCUT2D eigenvalue weighted by Gasteiger charge is -2.14. The van der Waals surface area contributed by atoms with Crippen LogP contribution in [0, 0.1) is 6.92 Å². The summed E-state index contributed by atoms with van der Waals surface area (Å²) in [6, 6.07) is 19.1. The van der Waals surface area contributed by atoms with Crippen LogP contribution in [0.5, 0.6) is 0 Å². The molecule has 2 aromatic heterocycles. The lowest BCUT2D eigenvalue weighted by Crippen LogP contribution is -2.24. The molecule has 0 fully saturated rings. The van der Waals surface area contributed by atoms with Crippen LogP contribution in [0.2, 0.25) is 0 Å². The van der Waals surface area contributed by atoms with Crippen molar-refractivity contribution in [2.75, 3.05) is 10.6 Å². The standard InChI is InChI=1S/C25H23N3O2S3/c1-3-21(24(30)28-25-27-20(15-32-25)22-12-7-13-31-22)33-18-10-6-9-17(14-18)26-23(29)19-11-5-4-8-16(19)2/h4-15,21H,3H2,1-2H3,(H,26,29)(H,27,28,30). The molecule has 2 heterocycles. The molecule has 0 aliphatic heterocycles. The predicted octanol–water partition coefficient (Wildman–Crippen LogP) is 6.94. The number of thioether (sulfide) groups is 1. The number of anilines is 2. The molecule has 1 atom stereocenters. The van der Waals surface area contributed by atoms with Crippen molar-refractivity contribution < 1.29 is 9.59 Å². The third kappa shape index (κ3) is 5.90. The van der Waals surface area contributed by atoms with E-state index in [0.29, 0.717) is 22.8 Å². The van der Waals surface area contributed by atoms with Crippen LogP contribution < -0.4 is 10.6 Å². The van der Waals surface area contributed by atoms with Gasteiger partial charge in [0.15, 0.2) is 5.13 Å². The van der Waals surface area contributed by atoms with Crippen LogP contribution in [0.3, 0.4) is 0 Å². The number of hydrogen-bond acceptors (Lipinski definition) is 6. The normalized spacial score (nSPS) is 11.7. The van der Waals surface area contributed by atoms with E-state index in [0.717, 1.165) is 21.0 Å². The molecular weight excluding hydrogens is 470 g/mol. The van der Waals surface area contributed by atoms with Gasteiger partial charge in [-0.25, -0.2) is 4.98 Å². The van der Waals surface area contributed by atoms with Crippen molar-refractivity contribution in [1.82, 2.24) is 4.98 Å². The number of rotatable bonds is 8. The van der Waals surface area contributed by atoms with E-state index in [4.69, 9.17) is 0 Å². The number of thiophene rings is 1. The van der Waals surface area contributed by atoms with Gasteiger partial charge in [-0.3, -0.25) is 9.59 Å². The van der Waals surface area contributed by atoms with Crippen molar-refractivity contribution >= 4 is 57.1 Å². The molecule has 2 N–H and O–H groups in total. The van der Waals surface area contributed by atoms with Gasteiger partial charge in [0.1, 0.15) is 0 Å². The van der Waals surface area contributed by atoms with Gasteiger partial charge in [0.25, 0.3) is 5.91 Å². The van der Waals surface area contributed by atoms with E-state index >= 15 is 0 Å². The number of carbonyl (C=O) groups excluding carboxylic acids is 2. The first kappa shape index (κ1) is 23.2. The van der Waals surface area contributed by atoms with Crippen molar-refractivity contribution in [3.63, 3.8) is 0 Å². The van der Waals surface area contributed by atoms with E-state index in [1.807, 2.05) is 85.3 Å². The minimum absolute atomic E-state index is 0.0797. The summed E-state index contributed by atoms with van der Waals surface area (Å²) in [7, 11) is 0. The molecular formula is C25H23N3O2S3. The van der Waals surface area contributed by atoms with Gasteiger partial charge in [-0.2, -0.15) is 0 Å².